The fourth-order valence-corrected chi connectivity index (χ4v) is 4.44. The molecule has 0 bridgehead atoms. The first-order valence-corrected chi connectivity index (χ1v) is 11.1. The molecule has 31 heavy (non-hydrogen) atoms. The van der Waals surface area contributed by atoms with Crippen LogP contribution >= 0.6 is 34.8 Å². The minimum Gasteiger partial charge on any atom is -0.456 e. The second-order valence-electron chi connectivity index (χ2n) is 6.04. The van der Waals surface area contributed by atoms with Gasteiger partial charge >= 0.3 is 12.1 Å². The maximum absolute atomic E-state index is 12.8. The van der Waals surface area contributed by atoms with E-state index in [0.29, 0.717) is 6.07 Å². The van der Waals surface area contributed by atoms with Gasteiger partial charge in [-0.1, -0.05) is 34.8 Å². The summed E-state index contributed by atoms with van der Waals surface area (Å²) in [7, 11) is -3.96. The average Bonchev–Trinajstić information content (AvgIpc) is 2.67. The van der Waals surface area contributed by atoms with Crippen LogP contribution in [-0.2, 0) is 30.3 Å². The maximum atomic E-state index is 12.8. The quantitative estimate of drug-likeness (QED) is 0.521. The predicted molar refractivity (Wildman–Crippen MR) is 109 cm³/mol. The third kappa shape index (κ3) is 7.27. The van der Waals surface area contributed by atoms with Crippen LogP contribution in [0.25, 0.3) is 0 Å². The van der Waals surface area contributed by atoms with E-state index in [1.54, 1.807) is 0 Å². The molecular weight excluding hydrogens is 506 g/mol. The van der Waals surface area contributed by atoms with Crippen molar-refractivity contribution < 1.29 is 35.9 Å². The van der Waals surface area contributed by atoms with Crippen LogP contribution in [0.1, 0.15) is 12.0 Å². The van der Waals surface area contributed by atoms with E-state index in [-0.39, 0.29) is 25.7 Å². The van der Waals surface area contributed by atoms with Gasteiger partial charge in [0.05, 0.1) is 38.4 Å². The Hall–Kier alpha value is -2.01. The summed E-state index contributed by atoms with van der Waals surface area (Å²) in [4.78, 5) is 23.4. The molecule has 2 aromatic rings. The zero-order chi connectivity index (χ0) is 23.4. The minimum absolute atomic E-state index is 0.0740. The van der Waals surface area contributed by atoms with E-state index in [4.69, 9.17) is 34.8 Å². The molecule has 6 nitrogen and oxygen atoms in total. The molecule has 0 unspecified atom stereocenters. The van der Waals surface area contributed by atoms with Gasteiger partial charge in [-0.05, 0) is 36.4 Å². The smallest absolute Gasteiger partial charge is 0.416 e. The number of anilines is 1. The minimum atomic E-state index is -4.64. The molecule has 0 aliphatic heterocycles. The Balaban J connectivity index is 1.92. The maximum Gasteiger partial charge on any atom is 0.416 e. The van der Waals surface area contributed by atoms with E-state index in [2.05, 4.69) is 10.1 Å². The molecule has 0 saturated carbocycles. The van der Waals surface area contributed by atoms with Gasteiger partial charge in [0.15, 0.2) is 16.4 Å². The van der Waals surface area contributed by atoms with Crippen molar-refractivity contribution in [3.05, 3.63) is 57.0 Å². The normalized spacial score (nSPS) is 11.8. The lowest BCUT2D eigenvalue weighted by molar-refractivity contribution is -0.146. The van der Waals surface area contributed by atoms with Gasteiger partial charge in [-0.2, -0.15) is 13.2 Å². The second-order valence-corrected chi connectivity index (χ2v) is 9.37. The topological polar surface area (TPSA) is 89.5 Å². The van der Waals surface area contributed by atoms with Crippen molar-refractivity contribution in [3.8, 4) is 0 Å². The van der Waals surface area contributed by atoms with Gasteiger partial charge in [0, 0.05) is 5.02 Å². The zero-order valence-corrected chi connectivity index (χ0v) is 18.4. The van der Waals surface area contributed by atoms with Gasteiger partial charge in [-0.3, -0.25) is 9.59 Å². The molecule has 0 heterocycles. The van der Waals surface area contributed by atoms with Crippen LogP contribution in [0.5, 0.6) is 0 Å². The van der Waals surface area contributed by atoms with Crippen LogP contribution in [0.2, 0.25) is 15.1 Å². The molecular formula is C18H13Cl3F3NO5S. The predicted octanol–water partition coefficient (Wildman–Crippen LogP) is 5.01. The molecule has 0 atom stereocenters. The Morgan fingerprint density at radius 3 is 2.29 bits per heavy atom. The Kier molecular flexibility index (Phi) is 8.21. The molecule has 1 amide bonds. The molecule has 0 saturated heterocycles. The number of hydrogen-bond donors (Lipinski definition) is 1. The Labute approximate surface area is 190 Å². The highest BCUT2D eigenvalue weighted by Gasteiger charge is 2.31. The SMILES string of the molecule is O=C(COC(=O)CCS(=O)(=O)c1cc(Cl)ccc1Cl)Nc1cc(C(F)(F)F)ccc1Cl. The molecule has 2 rings (SSSR count). The van der Waals surface area contributed by atoms with Gasteiger partial charge in [0.25, 0.3) is 5.91 Å². The fourth-order valence-electron chi connectivity index (χ4n) is 2.25. The lowest BCUT2D eigenvalue weighted by Crippen LogP contribution is -2.22. The molecule has 1 N–H and O–H groups in total. The van der Waals surface area contributed by atoms with E-state index in [1.807, 2.05) is 0 Å². The number of benzene rings is 2. The number of rotatable bonds is 7. The number of carbonyl (C=O) groups is 2. The molecule has 0 fully saturated rings. The van der Waals surface area contributed by atoms with Crippen molar-refractivity contribution >= 4 is 62.2 Å². The van der Waals surface area contributed by atoms with Crippen molar-refractivity contribution in [2.45, 2.75) is 17.5 Å². The summed E-state index contributed by atoms with van der Waals surface area (Å²) < 4.78 is 67.5. The molecule has 2 aromatic carbocycles. The van der Waals surface area contributed by atoms with E-state index >= 15 is 0 Å². The van der Waals surface area contributed by atoms with Crippen molar-refractivity contribution in [1.29, 1.82) is 0 Å². The number of sulfone groups is 1. The van der Waals surface area contributed by atoms with E-state index < -0.39 is 52.2 Å². The number of esters is 1. The number of nitrogens with one attached hydrogen (secondary N) is 1. The molecule has 13 heteroatoms. The van der Waals surface area contributed by atoms with E-state index in [0.717, 1.165) is 18.2 Å². The van der Waals surface area contributed by atoms with Crippen LogP contribution < -0.4 is 5.32 Å². The Bertz CT molecular complexity index is 1110. The fraction of sp³-hybridized carbons (Fsp3) is 0.222. The Morgan fingerprint density at radius 2 is 1.65 bits per heavy atom. The number of alkyl halides is 3. The number of hydrogen-bond acceptors (Lipinski definition) is 5. The summed E-state index contributed by atoms with van der Waals surface area (Å²) in [5.74, 6) is -2.64. The molecule has 0 aliphatic carbocycles. The van der Waals surface area contributed by atoms with Crippen molar-refractivity contribution in [2.75, 3.05) is 17.7 Å². The lowest BCUT2D eigenvalue weighted by atomic mass is 10.2. The molecule has 0 radical (unpaired) electrons. The highest BCUT2D eigenvalue weighted by molar-refractivity contribution is 7.91. The van der Waals surface area contributed by atoms with Crippen LogP contribution in [0.4, 0.5) is 18.9 Å². The summed E-state index contributed by atoms with van der Waals surface area (Å²) in [6.45, 7) is -0.858. The Morgan fingerprint density at radius 1 is 1.00 bits per heavy atom. The average molecular weight is 519 g/mol. The number of halogens is 6. The van der Waals surface area contributed by atoms with Gasteiger partial charge in [0.1, 0.15) is 0 Å². The summed E-state index contributed by atoms with van der Waals surface area (Å²) in [6.07, 6.45) is -5.24. The van der Waals surface area contributed by atoms with Crippen LogP contribution in [0.15, 0.2) is 41.3 Å². The van der Waals surface area contributed by atoms with Gasteiger partial charge in [0.2, 0.25) is 0 Å². The van der Waals surface area contributed by atoms with Crippen LogP contribution in [-0.4, -0.2) is 32.7 Å². The lowest BCUT2D eigenvalue weighted by Gasteiger charge is -2.12. The summed E-state index contributed by atoms with van der Waals surface area (Å²) in [6, 6.07) is 6.15. The molecule has 0 spiro atoms. The van der Waals surface area contributed by atoms with E-state index in [1.165, 1.54) is 12.1 Å². The first-order chi connectivity index (χ1) is 14.3. The highest BCUT2D eigenvalue weighted by atomic mass is 35.5. The summed E-state index contributed by atoms with van der Waals surface area (Å²) in [5, 5.41) is 2.00. The largest absolute Gasteiger partial charge is 0.456 e. The first kappa shape index (κ1) is 25.3. The third-order valence-corrected chi connectivity index (χ3v) is 6.49. The van der Waals surface area contributed by atoms with Crippen LogP contribution in [0, 0.1) is 0 Å². The molecule has 0 aromatic heterocycles. The highest BCUT2D eigenvalue weighted by Crippen LogP contribution is 2.33. The van der Waals surface area contributed by atoms with Gasteiger partial charge < -0.3 is 10.1 Å². The summed E-state index contributed by atoms with van der Waals surface area (Å²) >= 11 is 17.3. The number of ether oxygens (including phenoxy) is 1. The zero-order valence-electron chi connectivity index (χ0n) is 15.3. The molecule has 0 aliphatic rings. The van der Waals surface area contributed by atoms with Crippen molar-refractivity contribution in [2.24, 2.45) is 0 Å². The number of amides is 1. The van der Waals surface area contributed by atoms with Crippen molar-refractivity contribution in [3.63, 3.8) is 0 Å². The van der Waals surface area contributed by atoms with Crippen molar-refractivity contribution in [1.82, 2.24) is 0 Å². The van der Waals surface area contributed by atoms with Gasteiger partial charge in [-0.25, -0.2) is 8.42 Å². The standard InChI is InChI=1S/C18H13Cl3F3NO5S/c19-11-2-4-13(21)15(8-11)31(28,29)6-5-17(27)30-9-16(26)25-14-7-10(18(22,23)24)1-3-12(14)20/h1-4,7-8H,5-6,9H2,(H,25,26). The molecule has 168 valence electrons. The number of carbonyl (C=O) groups excluding carboxylic acids is 2. The first-order valence-electron chi connectivity index (χ1n) is 8.29. The monoisotopic (exact) mass is 517 g/mol. The second kappa shape index (κ2) is 10.1. The summed E-state index contributed by atoms with van der Waals surface area (Å²) in [5.41, 5.74) is -1.36. The van der Waals surface area contributed by atoms with Crippen LogP contribution in [0.3, 0.4) is 0 Å². The van der Waals surface area contributed by atoms with Gasteiger partial charge in [-0.15, -0.1) is 0 Å². The van der Waals surface area contributed by atoms with E-state index in [9.17, 15) is 31.2 Å². The third-order valence-electron chi connectivity index (χ3n) is 3.74.